The summed E-state index contributed by atoms with van der Waals surface area (Å²) >= 11 is 0. The maximum absolute atomic E-state index is 5.66. The molecule has 2 N–H and O–H groups in total. The topological polar surface area (TPSA) is 74.7 Å². The van der Waals surface area contributed by atoms with Gasteiger partial charge in [-0.05, 0) is 24.3 Å². The van der Waals surface area contributed by atoms with Crippen LogP contribution >= 0.6 is 0 Å². The lowest BCUT2D eigenvalue weighted by molar-refractivity contribution is 0.395. The van der Waals surface area contributed by atoms with E-state index in [9.17, 15) is 0 Å². The molecule has 6 heteroatoms. The van der Waals surface area contributed by atoms with Gasteiger partial charge >= 0.3 is 0 Å². The molecule has 0 bridgehead atoms. The fourth-order valence-corrected chi connectivity index (χ4v) is 2.14. The van der Waals surface area contributed by atoms with Gasteiger partial charge in [0.05, 0.1) is 19.9 Å². The standard InChI is InChI=1S/C14H14N4O2/c1-19-9-6-7-10(12(8-9)20-2)11-4-3-5-13-16-14(15)17-18(11)13/h3-8H,1-2H3,(H2,15,17). The van der Waals surface area contributed by atoms with E-state index in [1.807, 2.05) is 36.4 Å². The molecule has 20 heavy (non-hydrogen) atoms. The Labute approximate surface area is 115 Å². The summed E-state index contributed by atoms with van der Waals surface area (Å²) in [6.45, 7) is 0. The first-order chi connectivity index (χ1) is 9.72. The van der Waals surface area contributed by atoms with E-state index in [4.69, 9.17) is 15.2 Å². The van der Waals surface area contributed by atoms with E-state index < -0.39 is 0 Å². The van der Waals surface area contributed by atoms with Gasteiger partial charge in [0.15, 0.2) is 5.65 Å². The lowest BCUT2D eigenvalue weighted by atomic mass is 10.1. The third kappa shape index (κ3) is 1.91. The van der Waals surface area contributed by atoms with Crippen LogP contribution in [-0.2, 0) is 0 Å². The van der Waals surface area contributed by atoms with Gasteiger partial charge in [0, 0.05) is 11.6 Å². The fraction of sp³-hybridized carbons (Fsp3) is 0.143. The molecule has 2 heterocycles. The van der Waals surface area contributed by atoms with Crippen molar-refractivity contribution in [3.05, 3.63) is 36.4 Å². The zero-order valence-electron chi connectivity index (χ0n) is 11.2. The van der Waals surface area contributed by atoms with Crippen LogP contribution in [0.4, 0.5) is 5.95 Å². The van der Waals surface area contributed by atoms with Gasteiger partial charge < -0.3 is 15.2 Å². The van der Waals surface area contributed by atoms with Crippen LogP contribution in [0, 0.1) is 0 Å². The van der Waals surface area contributed by atoms with Crippen LogP contribution in [0.25, 0.3) is 16.9 Å². The highest BCUT2D eigenvalue weighted by molar-refractivity contribution is 5.71. The second-order valence-corrected chi connectivity index (χ2v) is 4.22. The molecule has 3 rings (SSSR count). The molecule has 0 saturated carbocycles. The summed E-state index contributed by atoms with van der Waals surface area (Å²) in [4.78, 5) is 4.15. The summed E-state index contributed by atoms with van der Waals surface area (Å²) in [6.07, 6.45) is 0. The van der Waals surface area contributed by atoms with E-state index >= 15 is 0 Å². The predicted octanol–water partition coefficient (Wildman–Crippen LogP) is 2.00. The van der Waals surface area contributed by atoms with Crippen molar-refractivity contribution in [3.63, 3.8) is 0 Å². The van der Waals surface area contributed by atoms with E-state index in [1.165, 1.54) is 0 Å². The normalized spacial score (nSPS) is 10.7. The number of pyridine rings is 1. The molecule has 1 aromatic carbocycles. The lowest BCUT2D eigenvalue weighted by Crippen LogP contribution is -1.97. The zero-order valence-corrected chi connectivity index (χ0v) is 11.2. The largest absolute Gasteiger partial charge is 0.497 e. The van der Waals surface area contributed by atoms with E-state index in [0.29, 0.717) is 11.4 Å². The quantitative estimate of drug-likeness (QED) is 0.787. The minimum Gasteiger partial charge on any atom is -0.497 e. The van der Waals surface area contributed by atoms with Crippen molar-refractivity contribution in [1.82, 2.24) is 14.6 Å². The first-order valence-corrected chi connectivity index (χ1v) is 6.06. The molecule has 0 aliphatic carbocycles. The average Bonchev–Trinajstić information content (AvgIpc) is 2.86. The van der Waals surface area contributed by atoms with Crippen LogP contribution in [0.3, 0.4) is 0 Å². The van der Waals surface area contributed by atoms with Crippen molar-refractivity contribution in [1.29, 1.82) is 0 Å². The molecule has 0 saturated heterocycles. The van der Waals surface area contributed by atoms with Crippen molar-refractivity contribution in [2.75, 3.05) is 20.0 Å². The Morgan fingerprint density at radius 2 is 1.95 bits per heavy atom. The monoisotopic (exact) mass is 270 g/mol. The first-order valence-electron chi connectivity index (χ1n) is 6.06. The van der Waals surface area contributed by atoms with Crippen LogP contribution in [0.15, 0.2) is 36.4 Å². The molecule has 0 fully saturated rings. The van der Waals surface area contributed by atoms with Crippen LogP contribution in [-0.4, -0.2) is 28.8 Å². The molecule has 0 atom stereocenters. The third-order valence-electron chi connectivity index (χ3n) is 3.06. The number of nitrogen functional groups attached to an aromatic ring is 1. The molecule has 102 valence electrons. The van der Waals surface area contributed by atoms with Crippen molar-refractivity contribution >= 4 is 11.6 Å². The summed E-state index contributed by atoms with van der Waals surface area (Å²) in [5.41, 5.74) is 8.10. The van der Waals surface area contributed by atoms with E-state index in [1.54, 1.807) is 18.7 Å². The number of anilines is 1. The molecule has 0 radical (unpaired) electrons. The van der Waals surface area contributed by atoms with Crippen LogP contribution < -0.4 is 15.2 Å². The van der Waals surface area contributed by atoms with Crippen LogP contribution in [0.2, 0.25) is 0 Å². The first kappa shape index (κ1) is 12.3. The molecular weight excluding hydrogens is 256 g/mol. The molecule has 0 unspecified atom stereocenters. The zero-order chi connectivity index (χ0) is 14.1. The summed E-state index contributed by atoms with van der Waals surface area (Å²) in [5, 5.41) is 4.20. The Hall–Kier alpha value is -2.76. The summed E-state index contributed by atoms with van der Waals surface area (Å²) in [6, 6.07) is 11.3. The lowest BCUT2D eigenvalue weighted by Gasteiger charge is -2.11. The van der Waals surface area contributed by atoms with E-state index in [-0.39, 0.29) is 5.95 Å². The Kier molecular flexibility index (Phi) is 2.90. The molecule has 0 amide bonds. The van der Waals surface area contributed by atoms with Gasteiger partial charge in [-0.25, -0.2) is 4.52 Å². The highest BCUT2D eigenvalue weighted by atomic mass is 16.5. The van der Waals surface area contributed by atoms with Crippen molar-refractivity contribution < 1.29 is 9.47 Å². The number of methoxy groups -OCH3 is 2. The summed E-state index contributed by atoms with van der Waals surface area (Å²) < 4.78 is 12.3. The molecule has 0 aliphatic rings. The second-order valence-electron chi connectivity index (χ2n) is 4.22. The molecule has 2 aromatic heterocycles. The van der Waals surface area contributed by atoms with Gasteiger partial charge in [0.25, 0.3) is 0 Å². The van der Waals surface area contributed by atoms with E-state index in [0.717, 1.165) is 17.0 Å². The van der Waals surface area contributed by atoms with Crippen LogP contribution in [0.1, 0.15) is 0 Å². The number of hydrogen-bond donors (Lipinski definition) is 1. The summed E-state index contributed by atoms with van der Waals surface area (Å²) in [7, 11) is 3.24. The number of aromatic nitrogens is 3. The molecule has 0 aliphatic heterocycles. The summed E-state index contributed by atoms with van der Waals surface area (Å²) in [5.74, 6) is 1.67. The van der Waals surface area contributed by atoms with Crippen molar-refractivity contribution in [2.45, 2.75) is 0 Å². The second kappa shape index (κ2) is 4.73. The maximum Gasteiger partial charge on any atom is 0.240 e. The molecule has 6 nitrogen and oxygen atoms in total. The molecular formula is C14H14N4O2. The third-order valence-corrected chi connectivity index (χ3v) is 3.06. The Bertz CT molecular complexity index is 767. The molecule has 0 spiro atoms. The smallest absolute Gasteiger partial charge is 0.240 e. The minimum atomic E-state index is 0.241. The Morgan fingerprint density at radius 3 is 2.70 bits per heavy atom. The number of rotatable bonds is 3. The van der Waals surface area contributed by atoms with Crippen LogP contribution in [0.5, 0.6) is 11.5 Å². The Morgan fingerprint density at radius 1 is 1.10 bits per heavy atom. The van der Waals surface area contributed by atoms with Gasteiger partial charge in [0.1, 0.15) is 11.5 Å². The van der Waals surface area contributed by atoms with Gasteiger partial charge in [0.2, 0.25) is 5.95 Å². The maximum atomic E-state index is 5.66. The predicted molar refractivity (Wildman–Crippen MR) is 75.9 cm³/mol. The fourth-order valence-electron chi connectivity index (χ4n) is 2.14. The number of hydrogen-bond acceptors (Lipinski definition) is 5. The van der Waals surface area contributed by atoms with Gasteiger partial charge in [-0.15, -0.1) is 5.10 Å². The Balaban J connectivity index is 2.25. The number of nitrogens with two attached hydrogens (primary N) is 1. The van der Waals surface area contributed by atoms with E-state index in [2.05, 4.69) is 10.1 Å². The highest BCUT2D eigenvalue weighted by Gasteiger charge is 2.12. The van der Waals surface area contributed by atoms with Crippen molar-refractivity contribution in [2.24, 2.45) is 0 Å². The molecule has 3 aromatic rings. The van der Waals surface area contributed by atoms with Gasteiger partial charge in [-0.2, -0.15) is 4.98 Å². The van der Waals surface area contributed by atoms with Gasteiger partial charge in [-0.3, -0.25) is 0 Å². The van der Waals surface area contributed by atoms with Gasteiger partial charge in [-0.1, -0.05) is 6.07 Å². The highest BCUT2D eigenvalue weighted by Crippen LogP contribution is 2.33. The average molecular weight is 270 g/mol. The number of benzene rings is 1. The SMILES string of the molecule is COc1ccc(-c2cccc3nc(N)nn23)c(OC)c1. The van der Waals surface area contributed by atoms with Crippen molar-refractivity contribution in [3.8, 4) is 22.8 Å². The number of fused-ring (bicyclic) bond motifs is 1. The number of ether oxygens (including phenoxy) is 2. The number of nitrogens with zero attached hydrogens (tertiary/aromatic N) is 3. The minimum absolute atomic E-state index is 0.241.